The van der Waals surface area contributed by atoms with E-state index in [1.807, 2.05) is 0 Å². The van der Waals surface area contributed by atoms with Gasteiger partial charge in [-0.1, -0.05) is 0 Å². The van der Waals surface area contributed by atoms with Gasteiger partial charge in [-0.05, 0) is 96.8 Å². The number of benzene rings is 2. The normalized spacial score (nSPS) is 11.4. The van der Waals surface area contributed by atoms with Gasteiger partial charge in [0.05, 0.1) is 0 Å². The molecule has 0 nitrogen and oxygen atoms in total. The molecule has 0 spiro atoms. The molecule has 0 heterocycles. The lowest BCUT2D eigenvalue weighted by molar-refractivity contribution is 1.19. The summed E-state index contributed by atoms with van der Waals surface area (Å²) >= 11 is 9.18. The second-order valence-electron chi connectivity index (χ2n) is 5.77. The molecule has 0 bridgehead atoms. The van der Waals surface area contributed by atoms with Crippen LogP contribution < -0.4 is 0 Å². The second-order valence-corrected chi connectivity index (χ2v) is 6.41. The van der Waals surface area contributed by atoms with Crippen LogP contribution in [0.2, 0.25) is 0 Å². The van der Waals surface area contributed by atoms with E-state index in [-0.39, 0.29) is 0 Å². The monoisotopic (exact) mass is 304 g/mol. The summed E-state index contributed by atoms with van der Waals surface area (Å²) in [4.78, 5) is 0. The molecule has 20 heavy (non-hydrogen) atoms. The number of aryl methyl sites for hydroxylation is 2. The molecule has 0 aliphatic heterocycles. The highest BCUT2D eigenvalue weighted by atomic mass is 32.1. The van der Waals surface area contributed by atoms with Crippen molar-refractivity contribution in [2.75, 3.05) is 0 Å². The van der Waals surface area contributed by atoms with Crippen LogP contribution in [0.25, 0.3) is 10.8 Å². The van der Waals surface area contributed by atoms with E-state index >= 15 is 0 Å². The first kappa shape index (κ1) is 15.8. The van der Waals surface area contributed by atoms with Crippen molar-refractivity contribution in [1.82, 2.24) is 0 Å². The molecule has 0 amide bonds. The molecule has 2 rings (SSSR count). The minimum Gasteiger partial charge on any atom is -0.175 e. The maximum absolute atomic E-state index is 4.59. The van der Waals surface area contributed by atoms with Gasteiger partial charge >= 0.3 is 0 Å². The Balaban J connectivity index is 3.21. The molecule has 2 heteroatoms. The Morgan fingerprint density at radius 3 is 1.05 bits per heavy atom. The van der Waals surface area contributed by atoms with E-state index in [4.69, 9.17) is 0 Å². The highest BCUT2D eigenvalue weighted by Crippen LogP contribution is 2.38. The molecule has 0 saturated heterocycles. The Hall–Kier alpha value is -0.600. The maximum atomic E-state index is 4.59. The third kappa shape index (κ3) is 2.08. The summed E-state index contributed by atoms with van der Waals surface area (Å²) in [6.07, 6.45) is 0. The van der Waals surface area contributed by atoms with Crippen LogP contribution in [-0.4, -0.2) is 0 Å². The largest absolute Gasteiger partial charge is 0.175 e. The molecule has 0 fully saturated rings. The Labute approximate surface area is 133 Å². The van der Waals surface area contributed by atoms with Gasteiger partial charge in [-0.15, -0.1) is 0 Å². The van der Waals surface area contributed by atoms with E-state index in [1.54, 1.807) is 0 Å². The van der Waals surface area contributed by atoms with Gasteiger partial charge in [-0.3, -0.25) is 0 Å². The van der Waals surface area contributed by atoms with Crippen LogP contribution >= 0.6 is 25.3 Å². The zero-order valence-electron chi connectivity index (χ0n) is 13.3. The lowest BCUT2D eigenvalue weighted by atomic mass is 9.83. The first-order valence-electron chi connectivity index (χ1n) is 7.09. The van der Waals surface area contributed by atoms with Crippen molar-refractivity contribution in [2.24, 2.45) is 0 Å². The summed E-state index contributed by atoms with van der Waals surface area (Å²) in [6.45, 7) is 13.4. The van der Waals surface area contributed by atoms with Crippen LogP contribution in [0, 0.1) is 41.5 Å². The van der Waals surface area contributed by atoms with E-state index in [1.165, 1.54) is 55.3 Å². The third-order valence-electron chi connectivity index (χ3n) is 5.08. The van der Waals surface area contributed by atoms with Gasteiger partial charge in [0.15, 0.2) is 0 Å². The number of hydrogen-bond donors (Lipinski definition) is 2. The molecule has 0 unspecified atom stereocenters. The Morgan fingerprint density at radius 1 is 0.500 bits per heavy atom. The van der Waals surface area contributed by atoms with Crippen molar-refractivity contribution < 1.29 is 0 Å². The van der Waals surface area contributed by atoms with Crippen LogP contribution in [0.3, 0.4) is 0 Å². The summed E-state index contributed by atoms with van der Waals surface area (Å²) in [5.41, 5.74) is 11.1. The van der Waals surface area contributed by atoms with Crippen molar-refractivity contribution in [1.29, 1.82) is 0 Å². The maximum Gasteiger partial charge on any atom is 0.0163 e. The second kappa shape index (κ2) is 5.65. The average molecular weight is 305 g/mol. The van der Waals surface area contributed by atoms with Crippen molar-refractivity contribution >= 4 is 36.0 Å². The SMILES string of the molecule is Cc1c(C)c(CS)c2c(C)c(C)c(C)c(CS)c2c1C. The zero-order valence-corrected chi connectivity index (χ0v) is 15.1. The summed E-state index contributed by atoms with van der Waals surface area (Å²) in [5, 5.41) is 2.82. The molecule has 0 atom stereocenters. The number of rotatable bonds is 2. The van der Waals surface area contributed by atoms with Crippen molar-refractivity contribution in [3.8, 4) is 0 Å². The highest BCUT2D eigenvalue weighted by molar-refractivity contribution is 7.79. The van der Waals surface area contributed by atoms with E-state index in [2.05, 4.69) is 66.8 Å². The first-order chi connectivity index (χ1) is 9.36. The lowest BCUT2D eigenvalue weighted by Crippen LogP contribution is -2.04. The molecule has 2 aromatic rings. The van der Waals surface area contributed by atoms with Gasteiger partial charge < -0.3 is 0 Å². The van der Waals surface area contributed by atoms with Crippen molar-refractivity contribution in [2.45, 2.75) is 53.0 Å². The van der Waals surface area contributed by atoms with E-state index in [0.717, 1.165) is 11.5 Å². The quantitative estimate of drug-likeness (QED) is 0.668. The molecule has 2 aromatic carbocycles. The van der Waals surface area contributed by atoms with Gasteiger partial charge in [0, 0.05) is 11.5 Å². The summed E-state index contributed by atoms with van der Waals surface area (Å²) in [7, 11) is 0. The van der Waals surface area contributed by atoms with Gasteiger partial charge in [0.1, 0.15) is 0 Å². The molecule has 0 radical (unpaired) electrons. The Bertz CT molecular complexity index is 636. The number of thiol groups is 2. The predicted molar refractivity (Wildman–Crippen MR) is 97.8 cm³/mol. The van der Waals surface area contributed by atoms with Crippen LogP contribution in [0.4, 0.5) is 0 Å². The molecule has 0 aliphatic rings. The lowest BCUT2D eigenvalue weighted by Gasteiger charge is -2.23. The van der Waals surface area contributed by atoms with Crippen LogP contribution in [0.5, 0.6) is 0 Å². The molecule has 0 aromatic heterocycles. The minimum atomic E-state index is 0.790. The van der Waals surface area contributed by atoms with Crippen molar-refractivity contribution in [3.63, 3.8) is 0 Å². The zero-order chi connectivity index (χ0) is 15.2. The summed E-state index contributed by atoms with van der Waals surface area (Å²) in [6, 6.07) is 0. The van der Waals surface area contributed by atoms with Gasteiger partial charge in [0.2, 0.25) is 0 Å². The number of fused-ring (bicyclic) bond motifs is 1. The fourth-order valence-corrected chi connectivity index (χ4v) is 4.08. The average Bonchev–Trinajstić information content (AvgIpc) is 2.44. The molecule has 108 valence electrons. The fourth-order valence-electron chi connectivity index (χ4n) is 3.29. The smallest absolute Gasteiger partial charge is 0.0163 e. The summed E-state index contributed by atoms with van der Waals surface area (Å²) in [5.74, 6) is 1.58. The van der Waals surface area contributed by atoms with Crippen molar-refractivity contribution in [3.05, 3.63) is 44.5 Å². The van der Waals surface area contributed by atoms with Gasteiger partial charge in [0.25, 0.3) is 0 Å². The molecule has 0 aliphatic carbocycles. The molecular weight excluding hydrogens is 280 g/mol. The van der Waals surface area contributed by atoms with E-state index < -0.39 is 0 Å². The first-order valence-corrected chi connectivity index (χ1v) is 8.35. The predicted octanol–water partition coefficient (Wildman–Crippen LogP) is 5.55. The Kier molecular flexibility index (Phi) is 4.46. The third-order valence-corrected chi connectivity index (χ3v) is 5.71. The standard InChI is InChI=1S/C18H24S2/c1-9-11(3)15(7-19)18-14(6)10(2)12(4)16(8-20)17(18)13(9)5/h19-20H,7-8H2,1-6H3. The van der Waals surface area contributed by atoms with Crippen LogP contribution in [-0.2, 0) is 11.5 Å². The number of hydrogen-bond acceptors (Lipinski definition) is 2. The minimum absolute atomic E-state index is 0.790. The molecule has 0 saturated carbocycles. The van der Waals surface area contributed by atoms with E-state index in [0.29, 0.717) is 0 Å². The fraction of sp³-hybridized carbons (Fsp3) is 0.444. The molecular formula is C18H24S2. The van der Waals surface area contributed by atoms with Crippen LogP contribution in [0.1, 0.15) is 44.5 Å². The Morgan fingerprint density at radius 2 is 0.800 bits per heavy atom. The van der Waals surface area contributed by atoms with Crippen LogP contribution in [0.15, 0.2) is 0 Å². The summed E-state index contributed by atoms with van der Waals surface area (Å²) < 4.78 is 0. The van der Waals surface area contributed by atoms with Gasteiger partial charge in [-0.25, -0.2) is 0 Å². The van der Waals surface area contributed by atoms with Gasteiger partial charge in [-0.2, -0.15) is 25.3 Å². The van der Waals surface area contributed by atoms with E-state index in [9.17, 15) is 0 Å². The highest BCUT2D eigenvalue weighted by Gasteiger charge is 2.18. The molecule has 0 N–H and O–H groups in total. The topological polar surface area (TPSA) is 0 Å².